The quantitative estimate of drug-likeness (QED) is 0.643. The molecule has 0 spiro atoms. The first-order valence-corrected chi connectivity index (χ1v) is 7.76. The number of sulfone groups is 1. The molecule has 1 aromatic carbocycles. The number of nitrogen functional groups attached to an aromatic ring is 1. The average molecular weight is 292 g/mol. The molecule has 0 aromatic heterocycles. The standard InChI is InChI=1S/C12H18ClNO3S/c1-3-12(13,18(16,17)4-2)11(15)9-6-5-7-10(14)8-9/h5-8,11,15H,3-4,14H2,1-2H3/t11-,12-/m0/s1. The number of benzene rings is 1. The Labute approximate surface area is 113 Å². The summed E-state index contributed by atoms with van der Waals surface area (Å²) in [5, 5.41) is 10.3. The van der Waals surface area contributed by atoms with Crippen LogP contribution in [0.4, 0.5) is 5.69 Å². The predicted molar refractivity (Wildman–Crippen MR) is 74.2 cm³/mol. The number of rotatable bonds is 5. The Morgan fingerprint density at radius 2 is 2.06 bits per heavy atom. The zero-order valence-electron chi connectivity index (χ0n) is 10.4. The second-order valence-corrected chi connectivity index (χ2v) is 7.55. The third-order valence-electron chi connectivity index (χ3n) is 3.01. The van der Waals surface area contributed by atoms with Crippen LogP contribution >= 0.6 is 11.6 Å². The molecule has 0 saturated heterocycles. The van der Waals surface area contributed by atoms with E-state index < -0.39 is 20.1 Å². The van der Waals surface area contributed by atoms with Crippen molar-refractivity contribution in [2.75, 3.05) is 11.5 Å². The minimum atomic E-state index is -3.60. The van der Waals surface area contributed by atoms with E-state index in [1.165, 1.54) is 13.0 Å². The Kier molecular flexibility index (Phi) is 4.64. The van der Waals surface area contributed by atoms with Gasteiger partial charge in [0, 0.05) is 11.4 Å². The number of aliphatic hydroxyl groups is 1. The first-order chi connectivity index (χ1) is 8.28. The van der Waals surface area contributed by atoms with Gasteiger partial charge in [0.25, 0.3) is 0 Å². The fourth-order valence-corrected chi connectivity index (χ4v) is 3.65. The summed E-state index contributed by atoms with van der Waals surface area (Å²) in [4.78, 5) is 0. The van der Waals surface area contributed by atoms with Gasteiger partial charge in [-0.2, -0.15) is 0 Å². The fourth-order valence-electron chi connectivity index (χ4n) is 1.80. The molecular formula is C12H18ClNO3S. The largest absolute Gasteiger partial charge is 0.399 e. The fraction of sp³-hybridized carbons (Fsp3) is 0.500. The lowest BCUT2D eigenvalue weighted by Crippen LogP contribution is -2.39. The maximum absolute atomic E-state index is 12.0. The van der Waals surface area contributed by atoms with Gasteiger partial charge in [0.2, 0.25) is 0 Å². The molecule has 0 saturated carbocycles. The molecule has 1 rings (SSSR count). The van der Waals surface area contributed by atoms with E-state index in [0.29, 0.717) is 11.3 Å². The summed E-state index contributed by atoms with van der Waals surface area (Å²) < 4.78 is 22.3. The van der Waals surface area contributed by atoms with Crippen molar-refractivity contribution in [1.29, 1.82) is 0 Å². The van der Waals surface area contributed by atoms with Crippen molar-refractivity contribution < 1.29 is 13.5 Å². The number of anilines is 1. The van der Waals surface area contributed by atoms with Gasteiger partial charge in [-0.05, 0) is 24.1 Å². The van der Waals surface area contributed by atoms with Crippen LogP contribution in [-0.2, 0) is 9.84 Å². The lowest BCUT2D eigenvalue weighted by atomic mass is 10.0. The van der Waals surface area contributed by atoms with Crippen molar-refractivity contribution in [3.63, 3.8) is 0 Å². The van der Waals surface area contributed by atoms with Crippen molar-refractivity contribution in [3.8, 4) is 0 Å². The van der Waals surface area contributed by atoms with Gasteiger partial charge < -0.3 is 10.8 Å². The summed E-state index contributed by atoms with van der Waals surface area (Å²) in [7, 11) is -3.60. The monoisotopic (exact) mass is 291 g/mol. The van der Waals surface area contributed by atoms with E-state index in [9.17, 15) is 13.5 Å². The number of halogens is 1. The number of nitrogens with two attached hydrogens (primary N) is 1. The Balaban J connectivity index is 3.26. The molecule has 0 bridgehead atoms. The van der Waals surface area contributed by atoms with Gasteiger partial charge in [-0.1, -0.05) is 37.6 Å². The summed E-state index contributed by atoms with van der Waals surface area (Å²) >= 11 is 6.17. The van der Waals surface area contributed by atoms with E-state index >= 15 is 0 Å². The topological polar surface area (TPSA) is 80.4 Å². The van der Waals surface area contributed by atoms with Crippen LogP contribution in [-0.4, -0.2) is 23.5 Å². The van der Waals surface area contributed by atoms with Crippen LogP contribution in [0.3, 0.4) is 0 Å². The number of aliphatic hydroxyl groups excluding tert-OH is 1. The van der Waals surface area contributed by atoms with Gasteiger partial charge >= 0.3 is 0 Å². The van der Waals surface area contributed by atoms with Crippen LogP contribution in [0.1, 0.15) is 31.9 Å². The van der Waals surface area contributed by atoms with Crippen LogP contribution in [0.15, 0.2) is 24.3 Å². The first kappa shape index (κ1) is 15.3. The molecule has 3 N–H and O–H groups in total. The van der Waals surface area contributed by atoms with Gasteiger partial charge in [0.15, 0.2) is 14.0 Å². The van der Waals surface area contributed by atoms with Crippen LogP contribution in [0.5, 0.6) is 0 Å². The highest BCUT2D eigenvalue weighted by atomic mass is 35.5. The van der Waals surface area contributed by atoms with Crippen molar-refractivity contribution in [2.24, 2.45) is 0 Å². The molecule has 0 heterocycles. The molecule has 0 amide bonds. The third kappa shape index (κ3) is 2.63. The molecule has 0 fully saturated rings. The normalized spacial score (nSPS) is 17.1. The molecule has 4 nitrogen and oxygen atoms in total. The van der Waals surface area contributed by atoms with E-state index in [2.05, 4.69) is 0 Å². The molecule has 102 valence electrons. The van der Waals surface area contributed by atoms with Crippen LogP contribution in [0.25, 0.3) is 0 Å². The molecule has 6 heteroatoms. The Bertz CT molecular complexity index is 518. The molecule has 0 aliphatic heterocycles. The van der Waals surface area contributed by atoms with Crippen molar-refractivity contribution in [2.45, 2.75) is 30.6 Å². The second kappa shape index (κ2) is 5.47. The highest BCUT2D eigenvalue weighted by Crippen LogP contribution is 2.40. The van der Waals surface area contributed by atoms with Crippen molar-refractivity contribution in [3.05, 3.63) is 29.8 Å². The minimum Gasteiger partial charge on any atom is -0.399 e. The highest BCUT2D eigenvalue weighted by molar-refractivity contribution is 7.94. The second-order valence-electron chi connectivity index (χ2n) is 4.12. The Hall–Kier alpha value is -0.780. The van der Waals surface area contributed by atoms with E-state index in [-0.39, 0.29) is 12.2 Å². The summed E-state index contributed by atoms with van der Waals surface area (Å²) in [5.41, 5.74) is 6.48. The van der Waals surface area contributed by atoms with E-state index in [1.807, 2.05) is 0 Å². The summed E-state index contributed by atoms with van der Waals surface area (Å²) in [6, 6.07) is 6.45. The number of alkyl halides is 1. The van der Waals surface area contributed by atoms with Crippen LogP contribution in [0.2, 0.25) is 0 Å². The molecular weight excluding hydrogens is 274 g/mol. The SMILES string of the molecule is CC[C@@](Cl)([C@@H](O)c1cccc(N)c1)S(=O)(=O)CC. The summed E-state index contributed by atoms with van der Waals surface area (Å²) in [6.45, 7) is 3.14. The zero-order chi connectivity index (χ0) is 14.0. The van der Waals surface area contributed by atoms with Crippen molar-refractivity contribution in [1.82, 2.24) is 0 Å². The Morgan fingerprint density at radius 1 is 1.44 bits per heavy atom. The highest BCUT2D eigenvalue weighted by Gasteiger charge is 2.46. The molecule has 18 heavy (non-hydrogen) atoms. The van der Waals surface area contributed by atoms with Crippen molar-refractivity contribution >= 4 is 27.1 Å². The van der Waals surface area contributed by atoms with Gasteiger partial charge in [0.1, 0.15) is 6.10 Å². The smallest absolute Gasteiger partial charge is 0.175 e. The molecule has 1 aromatic rings. The zero-order valence-corrected chi connectivity index (χ0v) is 12.0. The molecule has 0 aliphatic carbocycles. The lowest BCUT2D eigenvalue weighted by Gasteiger charge is -2.30. The van der Waals surface area contributed by atoms with Gasteiger partial charge in [-0.3, -0.25) is 0 Å². The molecule has 0 unspecified atom stereocenters. The summed E-state index contributed by atoms with van der Waals surface area (Å²) in [5.74, 6) is -0.121. The first-order valence-electron chi connectivity index (χ1n) is 5.73. The maximum Gasteiger partial charge on any atom is 0.175 e. The molecule has 2 atom stereocenters. The van der Waals surface area contributed by atoms with Gasteiger partial charge in [-0.25, -0.2) is 8.42 Å². The van der Waals surface area contributed by atoms with E-state index in [4.69, 9.17) is 17.3 Å². The third-order valence-corrected chi connectivity index (χ3v) is 6.50. The lowest BCUT2D eigenvalue weighted by molar-refractivity contribution is 0.154. The number of hydrogen-bond donors (Lipinski definition) is 2. The minimum absolute atomic E-state index is 0.112. The van der Waals surface area contributed by atoms with Crippen LogP contribution in [0, 0.1) is 0 Å². The Morgan fingerprint density at radius 3 is 2.50 bits per heavy atom. The predicted octanol–water partition coefficient (Wildman–Crippen LogP) is 2.08. The maximum atomic E-state index is 12.0. The molecule has 0 radical (unpaired) electrons. The van der Waals surface area contributed by atoms with E-state index in [1.54, 1.807) is 25.1 Å². The van der Waals surface area contributed by atoms with Gasteiger partial charge in [0.05, 0.1) is 0 Å². The van der Waals surface area contributed by atoms with E-state index in [0.717, 1.165) is 0 Å². The average Bonchev–Trinajstić information content (AvgIpc) is 2.36. The number of hydrogen-bond acceptors (Lipinski definition) is 4. The summed E-state index contributed by atoms with van der Waals surface area (Å²) in [6.07, 6.45) is -1.20. The van der Waals surface area contributed by atoms with Crippen LogP contribution < -0.4 is 5.73 Å². The molecule has 0 aliphatic rings. The van der Waals surface area contributed by atoms with Gasteiger partial charge in [-0.15, -0.1) is 0 Å².